The molecule has 0 amide bonds. The van der Waals surface area contributed by atoms with Gasteiger partial charge in [-0.3, -0.25) is 4.90 Å². The van der Waals surface area contributed by atoms with Crippen LogP contribution in [0.4, 0.5) is 0 Å². The second-order valence-corrected chi connectivity index (χ2v) is 7.62. The Labute approximate surface area is 153 Å². The van der Waals surface area contributed by atoms with Crippen LogP contribution in [-0.2, 0) is 6.54 Å². The first-order valence-corrected chi connectivity index (χ1v) is 9.87. The Balaban J connectivity index is 1.99. The Hall–Kier alpha value is -0.980. The average molecular weight is 394 g/mol. The fraction of sp³-hybridized carbons (Fsp3) is 0.667. The van der Waals surface area contributed by atoms with E-state index in [4.69, 9.17) is 4.98 Å². The number of fused-ring (bicyclic) bond motifs is 1. The summed E-state index contributed by atoms with van der Waals surface area (Å²) in [7, 11) is 2.22. The summed E-state index contributed by atoms with van der Waals surface area (Å²) in [4.78, 5) is 14.7. The Bertz CT molecular complexity index is 683. The maximum absolute atomic E-state index is 5.00. The Kier molecular flexibility index (Phi) is 5.89. The van der Waals surface area contributed by atoms with Crippen molar-refractivity contribution in [2.45, 2.75) is 45.7 Å². The number of aromatic nitrogens is 3. The molecule has 3 heterocycles. The lowest BCUT2D eigenvalue weighted by Gasteiger charge is -2.30. The van der Waals surface area contributed by atoms with E-state index >= 15 is 0 Å². The number of imidazole rings is 1. The first-order valence-electron chi connectivity index (χ1n) is 9.08. The fourth-order valence-electron chi connectivity index (χ4n) is 3.70. The summed E-state index contributed by atoms with van der Waals surface area (Å²) in [5.74, 6) is 1.18. The van der Waals surface area contributed by atoms with Crippen LogP contribution in [0.15, 0.2) is 16.7 Å². The molecule has 1 aliphatic rings. The molecule has 2 aromatic rings. The lowest BCUT2D eigenvalue weighted by atomic mass is 10.1. The number of halogens is 1. The van der Waals surface area contributed by atoms with Crippen LogP contribution in [0.2, 0.25) is 0 Å². The van der Waals surface area contributed by atoms with Crippen molar-refractivity contribution < 1.29 is 0 Å². The van der Waals surface area contributed by atoms with E-state index in [-0.39, 0.29) is 0 Å². The topological polar surface area (TPSA) is 37.2 Å². The van der Waals surface area contributed by atoms with Crippen molar-refractivity contribution in [1.29, 1.82) is 0 Å². The van der Waals surface area contributed by atoms with E-state index in [0.29, 0.717) is 6.04 Å². The molecule has 5 nitrogen and oxygen atoms in total. The van der Waals surface area contributed by atoms with Crippen molar-refractivity contribution in [3.63, 3.8) is 0 Å². The molecule has 0 aliphatic carbocycles. The van der Waals surface area contributed by atoms with Crippen LogP contribution < -0.4 is 0 Å². The number of aryl methyl sites for hydroxylation is 1. The molecule has 0 saturated carbocycles. The molecule has 6 heteroatoms. The summed E-state index contributed by atoms with van der Waals surface area (Å²) in [6.45, 7) is 9.96. The van der Waals surface area contributed by atoms with E-state index in [1.54, 1.807) is 0 Å². The Morgan fingerprint density at radius 3 is 2.79 bits per heavy atom. The highest BCUT2D eigenvalue weighted by Gasteiger charge is 2.27. The lowest BCUT2D eigenvalue weighted by Crippen LogP contribution is -2.34. The summed E-state index contributed by atoms with van der Waals surface area (Å²) in [6, 6.07) is 2.46. The van der Waals surface area contributed by atoms with Gasteiger partial charge in [-0.05, 0) is 55.4 Å². The number of rotatable bonds is 5. The second kappa shape index (κ2) is 7.93. The maximum atomic E-state index is 5.00. The van der Waals surface area contributed by atoms with E-state index in [1.807, 2.05) is 6.20 Å². The third-order valence-corrected chi connectivity index (χ3v) is 5.39. The van der Waals surface area contributed by atoms with Gasteiger partial charge in [-0.15, -0.1) is 0 Å². The second-order valence-electron chi connectivity index (χ2n) is 6.71. The molecule has 24 heavy (non-hydrogen) atoms. The largest absolute Gasteiger partial charge is 0.312 e. The van der Waals surface area contributed by atoms with Crippen molar-refractivity contribution in [1.82, 2.24) is 24.3 Å². The Morgan fingerprint density at radius 2 is 2.04 bits per heavy atom. The van der Waals surface area contributed by atoms with Crippen LogP contribution in [0.3, 0.4) is 0 Å². The van der Waals surface area contributed by atoms with Crippen LogP contribution in [-0.4, -0.2) is 57.6 Å². The van der Waals surface area contributed by atoms with Crippen LogP contribution in [0, 0.1) is 0 Å². The molecule has 1 atom stereocenters. The summed E-state index contributed by atoms with van der Waals surface area (Å²) >= 11 is 3.52. The minimum absolute atomic E-state index is 0.384. The third-order valence-electron chi connectivity index (χ3n) is 4.95. The number of likely N-dealkylation sites (N-methyl/N-ethyl adjacent to an activating group) is 1. The van der Waals surface area contributed by atoms with Crippen molar-refractivity contribution in [3.05, 3.63) is 22.6 Å². The first kappa shape index (κ1) is 17.8. The Morgan fingerprint density at radius 1 is 1.21 bits per heavy atom. The molecule has 0 radical (unpaired) electrons. The molecule has 0 bridgehead atoms. The molecular weight excluding hydrogens is 366 g/mol. The SMILES string of the molecule is CCC[C@@H](c1nc2cc(Br)cnc2n1CC)N1CCCN(C)CC1. The minimum Gasteiger partial charge on any atom is -0.312 e. The average Bonchev–Trinajstić information content (AvgIpc) is 2.78. The van der Waals surface area contributed by atoms with Gasteiger partial charge in [0, 0.05) is 36.8 Å². The van der Waals surface area contributed by atoms with Crippen molar-refractivity contribution in [2.75, 3.05) is 33.2 Å². The number of nitrogens with zero attached hydrogens (tertiary/aromatic N) is 5. The highest BCUT2D eigenvalue weighted by atomic mass is 79.9. The zero-order valence-corrected chi connectivity index (χ0v) is 16.6. The van der Waals surface area contributed by atoms with E-state index in [9.17, 15) is 0 Å². The summed E-state index contributed by atoms with van der Waals surface area (Å²) in [5.41, 5.74) is 2.00. The lowest BCUT2D eigenvalue weighted by molar-refractivity contribution is 0.182. The number of pyridine rings is 1. The molecule has 0 N–H and O–H groups in total. The van der Waals surface area contributed by atoms with Gasteiger partial charge in [0.05, 0.1) is 6.04 Å². The smallest absolute Gasteiger partial charge is 0.160 e. The molecule has 2 aromatic heterocycles. The standard InChI is InChI=1S/C18H28BrN5/c1-4-7-16(23-9-6-8-22(3)10-11-23)18-21-15-12-14(19)13-20-17(15)24(18)5-2/h12-13,16H,4-11H2,1-3H3/t16-/m0/s1. The summed E-state index contributed by atoms with van der Waals surface area (Å²) < 4.78 is 3.29. The molecule has 1 fully saturated rings. The van der Waals surface area contributed by atoms with Gasteiger partial charge < -0.3 is 9.47 Å². The normalized spacial score (nSPS) is 18.8. The van der Waals surface area contributed by atoms with Gasteiger partial charge in [-0.25, -0.2) is 9.97 Å². The van der Waals surface area contributed by atoms with Gasteiger partial charge in [0.25, 0.3) is 0 Å². The molecule has 0 aromatic carbocycles. The molecule has 1 saturated heterocycles. The zero-order chi connectivity index (χ0) is 17.1. The van der Waals surface area contributed by atoms with Gasteiger partial charge in [-0.1, -0.05) is 13.3 Å². The van der Waals surface area contributed by atoms with Gasteiger partial charge >= 0.3 is 0 Å². The van der Waals surface area contributed by atoms with E-state index in [2.05, 4.69) is 62.2 Å². The minimum atomic E-state index is 0.384. The fourth-order valence-corrected chi connectivity index (χ4v) is 4.02. The van der Waals surface area contributed by atoms with Gasteiger partial charge in [0.1, 0.15) is 11.3 Å². The van der Waals surface area contributed by atoms with Gasteiger partial charge in [-0.2, -0.15) is 0 Å². The van der Waals surface area contributed by atoms with Crippen molar-refractivity contribution >= 4 is 27.1 Å². The van der Waals surface area contributed by atoms with Crippen molar-refractivity contribution in [3.8, 4) is 0 Å². The molecular formula is C18H28BrN5. The van der Waals surface area contributed by atoms with Gasteiger partial charge in [0.2, 0.25) is 0 Å². The van der Waals surface area contributed by atoms with E-state index in [0.717, 1.165) is 48.2 Å². The summed E-state index contributed by atoms with van der Waals surface area (Å²) in [6.07, 6.45) is 5.41. The molecule has 0 unspecified atom stereocenters. The molecule has 1 aliphatic heterocycles. The van der Waals surface area contributed by atoms with E-state index in [1.165, 1.54) is 25.2 Å². The highest BCUT2D eigenvalue weighted by molar-refractivity contribution is 9.10. The van der Waals surface area contributed by atoms with E-state index < -0.39 is 0 Å². The highest BCUT2D eigenvalue weighted by Crippen LogP contribution is 2.29. The molecule has 132 valence electrons. The molecule has 3 rings (SSSR count). The van der Waals surface area contributed by atoms with Crippen molar-refractivity contribution in [2.24, 2.45) is 0 Å². The van der Waals surface area contributed by atoms with Crippen LogP contribution in [0.25, 0.3) is 11.2 Å². The maximum Gasteiger partial charge on any atom is 0.160 e. The number of hydrogen-bond donors (Lipinski definition) is 0. The predicted octanol–water partition coefficient (Wildman–Crippen LogP) is 3.69. The zero-order valence-electron chi connectivity index (χ0n) is 15.0. The summed E-state index contributed by atoms with van der Waals surface area (Å²) in [5, 5.41) is 0. The van der Waals surface area contributed by atoms with Gasteiger partial charge in [0.15, 0.2) is 5.65 Å². The first-order chi connectivity index (χ1) is 11.6. The third kappa shape index (κ3) is 3.65. The number of hydrogen-bond acceptors (Lipinski definition) is 4. The van der Waals surface area contributed by atoms with Crippen LogP contribution in [0.1, 0.15) is 45.0 Å². The van der Waals surface area contributed by atoms with Crippen LogP contribution >= 0.6 is 15.9 Å². The quantitative estimate of drug-likeness (QED) is 0.775. The van der Waals surface area contributed by atoms with Crippen LogP contribution in [0.5, 0.6) is 0 Å². The predicted molar refractivity (Wildman–Crippen MR) is 102 cm³/mol. The monoisotopic (exact) mass is 393 g/mol. The molecule has 0 spiro atoms.